The number of ether oxygens (including phenoxy) is 3. The Morgan fingerprint density at radius 3 is 2.79 bits per heavy atom. The van der Waals surface area contributed by atoms with Crippen LogP contribution in [-0.2, 0) is 20.8 Å². The molecule has 1 atom stereocenters. The number of fused-ring (bicyclic) bond motifs is 1. The first-order chi connectivity index (χ1) is 13.8. The molecule has 0 radical (unpaired) electrons. The van der Waals surface area contributed by atoms with Crippen molar-refractivity contribution in [1.29, 1.82) is 0 Å². The summed E-state index contributed by atoms with van der Waals surface area (Å²) in [7, 11) is 1.66. The van der Waals surface area contributed by atoms with Gasteiger partial charge in [-0.05, 0) is 31.5 Å². The summed E-state index contributed by atoms with van der Waals surface area (Å²) < 4.78 is 18.4. The van der Waals surface area contributed by atoms with E-state index in [9.17, 15) is 4.79 Å². The summed E-state index contributed by atoms with van der Waals surface area (Å²) in [6, 6.07) is 7.74. The number of hydrogen-bond acceptors (Lipinski definition) is 6. The summed E-state index contributed by atoms with van der Waals surface area (Å²) in [5.74, 6) is 1.21. The Bertz CT molecular complexity index is 845. The summed E-state index contributed by atoms with van der Waals surface area (Å²) >= 11 is 0. The van der Waals surface area contributed by atoms with Crippen LogP contribution in [-0.4, -0.2) is 67.7 Å². The maximum Gasteiger partial charge on any atom is 0.261 e. The van der Waals surface area contributed by atoms with E-state index >= 15 is 0 Å². The van der Waals surface area contributed by atoms with E-state index < -0.39 is 0 Å². The number of nitrogens with zero attached hydrogens (tertiary/aromatic N) is 3. The van der Waals surface area contributed by atoms with E-state index in [0.717, 1.165) is 50.5 Å². The third-order valence-electron chi connectivity index (χ3n) is 5.64. The Morgan fingerprint density at radius 2 is 2.00 bits per heavy atom. The van der Waals surface area contributed by atoms with Crippen LogP contribution in [0.1, 0.15) is 24.7 Å². The van der Waals surface area contributed by atoms with Crippen LogP contribution < -0.4 is 5.56 Å². The Balaban J connectivity index is 1.66. The van der Waals surface area contributed by atoms with Crippen molar-refractivity contribution in [3.63, 3.8) is 0 Å². The highest BCUT2D eigenvalue weighted by Crippen LogP contribution is 2.32. The number of aromatic nitrogens is 2. The number of hydrogen-bond donors (Lipinski definition) is 0. The second-order valence-electron chi connectivity index (χ2n) is 7.61. The molecule has 0 aliphatic carbocycles. The molecule has 0 bridgehead atoms. The quantitative estimate of drug-likeness (QED) is 0.754. The molecule has 7 nitrogen and oxygen atoms in total. The van der Waals surface area contributed by atoms with Gasteiger partial charge in [0, 0.05) is 19.6 Å². The number of para-hydroxylation sites is 1. The number of likely N-dealkylation sites (tertiary alicyclic amines) is 1. The SMILES string of the molecule is COCCn1c(C2CCCN2CC2COCCOC2)nc2ccccc2c1=O. The van der Waals surface area contributed by atoms with Crippen LogP contribution in [0.3, 0.4) is 0 Å². The molecule has 2 fully saturated rings. The summed E-state index contributed by atoms with van der Waals surface area (Å²) in [6.07, 6.45) is 2.11. The molecule has 1 unspecified atom stereocenters. The van der Waals surface area contributed by atoms with E-state index in [1.54, 1.807) is 7.11 Å². The summed E-state index contributed by atoms with van der Waals surface area (Å²) in [4.78, 5) is 20.5. The van der Waals surface area contributed by atoms with Crippen molar-refractivity contribution in [1.82, 2.24) is 14.5 Å². The molecule has 2 aliphatic rings. The van der Waals surface area contributed by atoms with Crippen LogP contribution in [0, 0.1) is 5.92 Å². The van der Waals surface area contributed by atoms with Crippen molar-refractivity contribution in [3.05, 3.63) is 40.4 Å². The van der Waals surface area contributed by atoms with Gasteiger partial charge in [0.1, 0.15) is 5.82 Å². The second kappa shape index (κ2) is 9.13. The maximum atomic E-state index is 13.2. The van der Waals surface area contributed by atoms with Crippen LogP contribution in [0.15, 0.2) is 29.1 Å². The van der Waals surface area contributed by atoms with Crippen molar-refractivity contribution in [3.8, 4) is 0 Å². The molecular formula is C21H29N3O4. The molecular weight excluding hydrogens is 358 g/mol. The lowest BCUT2D eigenvalue weighted by atomic mass is 10.1. The van der Waals surface area contributed by atoms with Gasteiger partial charge in [0.15, 0.2) is 0 Å². The van der Waals surface area contributed by atoms with E-state index in [-0.39, 0.29) is 11.6 Å². The van der Waals surface area contributed by atoms with E-state index in [1.165, 1.54) is 0 Å². The normalized spacial score (nSPS) is 22.0. The van der Waals surface area contributed by atoms with Crippen molar-refractivity contribution < 1.29 is 14.2 Å². The first kappa shape index (κ1) is 19.5. The standard InChI is InChI=1S/C21H29N3O4/c1-26-10-9-24-20(22-18-6-3-2-5-17(18)21(24)25)19-7-4-8-23(19)13-16-14-27-11-12-28-15-16/h2-3,5-6,16,19H,4,7-15H2,1H3. The van der Waals surface area contributed by atoms with Gasteiger partial charge in [0.2, 0.25) is 0 Å². The molecule has 7 heteroatoms. The van der Waals surface area contributed by atoms with Crippen LogP contribution in [0.25, 0.3) is 10.9 Å². The molecule has 0 amide bonds. The summed E-state index contributed by atoms with van der Waals surface area (Å²) in [5, 5.41) is 0.664. The average Bonchev–Trinajstić information content (AvgIpc) is 3.01. The highest BCUT2D eigenvalue weighted by atomic mass is 16.5. The Hall–Kier alpha value is -1.80. The molecule has 152 valence electrons. The van der Waals surface area contributed by atoms with E-state index in [2.05, 4.69) is 4.90 Å². The van der Waals surface area contributed by atoms with E-state index in [0.29, 0.717) is 37.7 Å². The molecule has 4 rings (SSSR count). The molecule has 0 spiro atoms. The van der Waals surface area contributed by atoms with Crippen molar-refractivity contribution in [2.45, 2.75) is 25.4 Å². The lowest BCUT2D eigenvalue weighted by molar-refractivity contribution is 0.0970. The summed E-state index contributed by atoms with van der Waals surface area (Å²) in [5.41, 5.74) is 0.787. The van der Waals surface area contributed by atoms with Gasteiger partial charge >= 0.3 is 0 Å². The van der Waals surface area contributed by atoms with Crippen molar-refractivity contribution in [2.75, 3.05) is 53.2 Å². The third-order valence-corrected chi connectivity index (χ3v) is 5.64. The van der Waals surface area contributed by atoms with Gasteiger partial charge in [-0.15, -0.1) is 0 Å². The topological polar surface area (TPSA) is 65.8 Å². The average molecular weight is 387 g/mol. The van der Waals surface area contributed by atoms with Crippen LogP contribution in [0.2, 0.25) is 0 Å². The maximum absolute atomic E-state index is 13.2. The molecule has 1 aromatic carbocycles. The molecule has 0 N–H and O–H groups in total. The zero-order valence-corrected chi connectivity index (χ0v) is 16.5. The van der Waals surface area contributed by atoms with Gasteiger partial charge in [0.25, 0.3) is 5.56 Å². The first-order valence-electron chi connectivity index (χ1n) is 10.2. The highest BCUT2D eigenvalue weighted by Gasteiger charge is 2.32. The van der Waals surface area contributed by atoms with Crippen LogP contribution in [0.4, 0.5) is 0 Å². The molecule has 2 aromatic rings. The molecule has 1 aromatic heterocycles. The van der Waals surface area contributed by atoms with Gasteiger partial charge < -0.3 is 14.2 Å². The minimum Gasteiger partial charge on any atom is -0.383 e. The fraction of sp³-hybridized carbons (Fsp3) is 0.619. The minimum absolute atomic E-state index is 0.0191. The first-order valence-corrected chi connectivity index (χ1v) is 10.2. The number of benzene rings is 1. The lowest BCUT2D eigenvalue weighted by Gasteiger charge is -2.29. The second-order valence-corrected chi connectivity index (χ2v) is 7.61. The smallest absolute Gasteiger partial charge is 0.261 e. The molecule has 2 aliphatic heterocycles. The number of methoxy groups -OCH3 is 1. The minimum atomic E-state index is 0.0191. The van der Waals surface area contributed by atoms with Crippen molar-refractivity contribution in [2.24, 2.45) is 5.92 Å². The predicted molar refractivity (Wildman–Crippen MR) is 107 cm³/mol. The monoisotopic (exact) mass is 387 g/mol. The Kier molecular flexibility index (Phi) is 6.36. The van der Waals surface area contributed by atoms with Crippen LogP contribution >= 0.6 is 0 Å². The number of rotatable bonds is 6. The van der Waals surface area contributed by atoms with E-state index in [4.69, 9.17) is 19.2 Å². The van der Waals surface area contributed by atoms with E-state index in [1.807, 2.05) is 28.8 Å². The molecule has 28 heavy (non-hydrogen) atoms. The fourth-order valence-electron chi connectivity index (χ4n) is 4.28. The lowest BCUT2D eigenvalue weighted by Crippen LogP contribution is -2.36. The summed E-state index contributed by atoms with van der Waals surface area (Å²) in [6.45, 7) is 5.71. The largest absolute Gasteiger partial charge is 0.383 e. The van der Waals surface area contributed by atoms with Gasteiger partial charge in [-0.3, -0.25) is 14.3 Å². The van der Waals surface area contributed by atoms with Crippen LogP contribution in [0.5, 0.6) is 0 Å². The Morgan fingerprint density at radius 1 is 1.21 bits per heavy atom. The predicted octanol–water partition coefficient (Wildman–Crippen LogP) is 1.84. The highest BCUT2D eigenvalue weighted by molar-refractivity contribution is 5.77. The molecule has 3 heterocycles. The zero-order valence-electron chi connectivity index (χ0n) is 16.5. The van der Waals surface area contributed by atoms with Gasteiger partial charge in [-0.25, -0.2) is 4.98 Å². The van der Waals surface area contributed by atoms with Gasteiger partial charge in [-0.1, -0.05) is 12.1 Å². The molecule has 2 saturated heterocycles. The molecule has 0 saturated carbocycles. The third kappa shape index (κ3) is 4.12. The van der Waals surface area contributed by atoms with Gasteiger partial charge in [-0.2, -0.15) is 0 Å². The zero-order chi connectivity index (χ0) is 19.3. The van der Waals surface area contributed by atoms with Gasteiger partial charge in [0.05, 0.1) is 56.5 Å². The van der Waals surface area contributed by atoms with Crippen molar-refractivity contribution >= 4 is 10.9 Å². The Labute approximate surface area is 165 Å². The fourth-order valence-corrected chi connectivity index (χ4v) is 4.28.